The van der Waals surface area contributed by atoms with Gasteiger partial charge in [0.05, 0.1) is 32.5 Å². The Morgan fingerprint density at radius 2 is 1.64 bits per heavy atom. The molecule has 2 amide bonds. The molecule has 2 N–H and O–H groups in total. The van der Waals surface area contributed by atoms with Gasteiger partial charge >= 0.3 is 0 Å². The van der Waals surface area contributed by atoms with Crippen LogP contribution < -0.4 is 15.2 Å². The quantitative estimate of drug-likeness (QED) is 0.699. The van der Waals surface area contributed by atoms with Crippen LogP contribution in [0.4, 0.5) is 0 Å². The fourth-order valence-corrected chi connectivity index (χ4v) is 4.61. The molecule has 1 fully saturated rings. The molecule has 0 spiro atoms. The van der Waals surface area contributed by atoms with Crippen molar-refractivity contribution >= 4 is 17.5 Å². The van der Waals surface area contributed by atoms with Crippen molar-refractivity contribution in [3.05, 3.63) is 59.7 Å². The molecule has 8 nitrogen and oxygen atoms in total. The van der Waals surface area contributed by atoms with Crippen molar-refractivity contribution in [3.63, 3.8) is 0 Å². The molecule has 2 aromatic carbocycles. The second-order valence-corrected chi connectivity index (χ2v) is 8.40. The third-order valence-corrected chi connectivity index (χ3v) is 6.43. The van der Waals surface area contributed by atoms with Gasteiger partial charge in [-0.25, -0.2) is 5.01 Å². The van der Waals surface area contributed by atoms with Crippen LogP contribution in [0, 0.1) is 5.92 Å². The SMILES string of the molecule is COc1ccccc1C1=NN(C(=O)CN2CCC(C(N)=O)CC2)[C@@H](c2ccccc2OC)C1. The normalized spacial score (nSPS) is 19.3. The molecule has 0 unspecified atom stereocenters. The molecule has 2 heterocycles. The highest BCUT2D eigenvalue weighted by atomic mass is 16.5. The largest absolute Gasteiger partial charge is 0.496 e. The van der Waals surface area contributed by atoms with E-state index >= 15 is 0 Å². The molecule has 1 saturated heterocycles. The number of carbonyl (C=O) groups excluding carboxylic acids is 2. The monoisotopic (exact) mass is 450 g/mol. The molecule has 0 saturated carbocycles. The molecule has 0 aliphatic carbocycles. The number of ether oxygens (including phenoxy) is 2. The predicted molar refractivity (Wildman–Crippen MR) is 125 cm³/mol. The molecular weight excluding hydrogens is 420 g/mol. The molecule has 8 heteroatoms. The van der Waals surface area contributed by atoms with Gasteiger partial charge in [-0.3, -0.25) is 14.5 Å². The van der Waals surface area contributed by atoms with Crippen molar-refractivity contribution in [1.29, 1.82) is 0 Å². The fraction of sp³-hybridized carbons (Fsp3) is 0.400. The van der Waals surface area contributed by atoms with Crippen LogP contribution in [0.2, 0.25) is 0 Å². The number of rotatable bonds is 7. The molecule has 2 aromatic rings. The lowest BCUT2D eigenvalue weighted by Crippen LogP contribution is -2.44. The summed E-state index contributed by atoms with van der Waals surface area (Å²) in [5.41, 5.74) is 8.02. The maximum atomic E-state index is 13.5. The summed E-state index contributed by atoms with van der Waals surface area (Å²) >= 11 is 0. The molecule has 1 atom stereocenters. The summed E-state index contributed by atoms with van der Waals surface area (Å²) in [5, 5.41) is 6.36. The topological polar surface area (TPSA) is 97.5 Å². The van der Waals surface area contributed by atoms with E-state index in [1.54, 1.807) is 19.2 Å². The van der Waals surface area contributed by atoms with E-state index in [0.29, 0.717) is 32.4 Å². The number of amides is 2. The van der Waals surface area contributed by atoms with Crippen LogP contribution in [-0.2, 0) is 9.59 Å². The molecular formula is C25H30N4O4. The molecule has 174 valence electrons. The summed E-state index contributed by atoms with van der Waals surface area (Å²) in [6.45, 7) is 1.56. The lowest BCUT2D eigenvalue weighted by atomic mass is 9.96. The zero-order chi connectivity index (χ0) is 23.4. The zero-order valence-electron chi connectivity index (χ0n) is 19.1. The molecule has 0 aromatic heterocycles. The zero-order valence-corrected chi connectivity index (χ0v) is 19.1. The number of hydrogen-bond donors (Lipinski definition) is 1. The van der Waals surface area contributed by atoms with Gasteiger partial charge in [0.25, 0.3) is 5.91 Å². The van der Waals surface area contributed by atoms with Crippen LogP contribution in [-0.4, -0.2) is 61.3 Å². The Morgan fingerprint density at radius 3 is 2.30 bits per heavy atom. The second-order valence-electron chi connectivity index (χ2n) is 8.40. The number of nitrogens with zero attached hydrogens (tertiary/aromatic N) is 3. The maximum Gasteiger partial charge on any atom is 0.257 e. The number of likely N-dealkylation sites (tertiary alicyclic amines) is 1. The fourth-order valence-electron chi connectivity index (χ4n) is 4.61. The lowest BCUT2D eigenvalue weighted by Gasteiger charge is -2.31. The van der Waals surface area contributed by atoms with Gasteiger partial charge in [0.2, 0.25) is 5.91 Å². The van der Waals surface area contributed by atoms with E-state index in [1.807, 2.05) is 48.5 Å². The summed E-state index contributed by atoms with van der Waals surface area (Å²) in [5.74, 6) is 0.979. The highest BCUT2D eigenvalue weighted by Gasteiger charge is 2.36. The summed E-state index contributed by atoms with van der Waals surface area (Å²) in [6.07, 6.45) is 1.90. The van der Waals surface area contributed by atoms with E-state index < -0.39 is 0 Å². The minimum absolute atomic E-state index is 0.0895. The van der Waals surface area contributed by atoms with Crippen LogP contribution >= 0.6 is 0 Å². The summed E-state index contributed by atoms with van der Waals surface area (Å²) in [6, 6.07) is 15.1. The number of hydrogen-bond acceptors (Lipinski definition) is 6. The number of primary amides is 1. The Balaban J connectivity index is 1.60. The van der Waals surface area contributed by atoms with Crippen LogP contribution in [0.15, 0.2) is 53.6 Å². The first-order valence-electron chi connectivity index (χ1n) is 11.2. The number of para-hydroxylation sites is 2. The van der Waals surface area contributed by atoms with Crippen molar-refractivity contribution < 1.29 is 19.1 Å². The van der Waals surface area contributed by atoms with E-state index in [2.05, 4.69) is 4.90 Å². The lowest BCUT2D eigenvalue weighted by molar-refractivity contribution is -0.134. The number of methoxy groups -OCH3 is 2. The summed E-state index contributed by atoms with van der Waals surface area (Å²) < 4.78 is 11.1. The van der Waals surface area contributed by atoms with E-state index in [-0.39, 0.29) is 30.3 Å². The van der Waals surface area contributed by atoms with Crippen molar-refractivity contribution in [2.45, 2.75) is 25.3 Å². The van der Waals surface area contributed by atoms with Gasteiger partial charge in [-0.05, 0) is 44.1 Å². The van der Waals surface area contributed by atoms with Crippen LogP contribution in [0.5, 0.6) is 11.5 Å². The van der Waals surface area contributed by atoms with Crippen molar-refractivity contribution in [2.24, 2.45) is 16.8 Å². The van der Waals surface area contributed by atoms with Crippen LogP contribution in [0.1, 0.15) is 36.4 Å². The highest BCUT2D eigenvalue weighted by molar-refractivity contribution is 6.05. The molecule has 2 aliphatic heterocycles. The Bertz CT molecular complexity index is 1050. The third kappa shape index (κ3) is 4.85. The van der Waals surface area contributed by atoms with E-state index in [1.165, 1.54) is 0 Å². The smallest absolute Gasteiger partial charge is 0.257 e. The molecule has 4 rings (SSSR count). The Morgan fingerprint density at radius 1 is 1.00 bits per heavy atom. The average Bonchev–Trinajstić information content (AvgIpc) is 3.29. The Kier molecular flexibility index (Phi) is 6.93. The molecule has 0 bridgehead atoms. The highest BCUT2D eigenvalue weighted by Crippen LogP contribution is 2.38. The van der Waals surface area contributed by atoms with E-state index in [4.69, 9.17) is 20.3 Å². The van der Waals surface area contributed by atoms with Crippen LogP contribution in [0.3, 0.4) is 0 Å². The van der Waals surface area contributed by atoms with Crippen molar-refractivity contribution in [3.8, 4) is 11.5 Å². The van der Waals surface area contributed by atoms with Gasteiger partial charge in [-0.1, -0.05) is 30.3 Å². The van der Waals surface area contributed by atoms with E-state index in [9.17, 15) is 9.59 Å². The maximum absolute atomic E-state index is 13.5. The minimum Gasteiger partial charge on any atom is -0.496 e. The Labute approximate surface area is 193 Å². The van der Waals surface area contributed by atoms with Gasteiger partial charge in [-0.15, -0.1) is 0 Å². The molecule has 2 aliphatic rings. The Hall–Kier alpha value is -3.39. The first kappa shape index (κ1) is 22.8. The number of nitrogens with two attached hydrogens (primary N) is 1. The second kappa shape index (κ2) is 10.0. The van der Waals surface area contributed by atoms with Gasteiger partial charge in [0.1, 0.15) is 11.5 Å². The third-order valence-electron chi connectivity index (χ3n) is 6.43. The first-order valence-corrected chi connectivity index (χ1v) is 11.2. The number of benzene rings is 2. The molecule has 0 radical (unpaired) electrons. The first-order chi connectivity index (χ1) is 16.0. The van der Waals surface area contributed by atoms with Gasteiger partial charge in [0.15, 0.2) is 0 Å². The van der Waals surface area contributed by atoms with Gasteiger partial charge in [0, 0.05) is 23.5 Å². The van der Waals surface area contributed by atoms with E-state index in [0.717, 1.165) is 28.3 Å². The van der Waals surface area contributed by atoms with Crippen LogP contribution in [0.25, 0.3) is 0 Å². The average molecular weight is 451 g/mol. The summed E-state index contributed by atoms with van der Waals surface area (Å²) in [7, 11) is 3.26. The molecule has 33 heavy (non-hydrogen) atoms. The van der Waals surface area contributed by atoms with Crippen molar-refractivity contribution in [1.82, 2.24) is 9.91 Å². The predicted octanol–water partition coefficient (Wildman–Crippen LogP) is 2.58. The summed E-state index contributed by atoms with van der Waals surface area (Å²) in [4.78, 5) is 27.0. The number of carbonyl (C=O) groups is 2. The number of hydrazone groups is 1. The minimum atomic E-state index is -0.281. The van der Waals surface area contributed by atoms with Gasteiger partial charge in [-0.2, -0.15) is 5.10 Å². The van der Waals surface area contributed by atoms with Gasteiger partial charge < -0.3 is 15.2 Å². The number of piperidine rings is 1. The van der Waals surface area contributed by atoms with Crippen molar-refractivity contribution in [2.75, 3.05) is 33.9 Å². The standard InChI is InChI=1S/C25H30N4O4/c1-32-22-9-5-3-7-18(22)20-15-21(19-8-4-6-10-23(19)33-2)29(27-20)24(30)16-28-13-11-17(12-14-28)25(26)31/h3-10,17,21H,11-16H2,1-2H3,(H2,26,31)/t21-/m1/s1.